The summed E-state index contributed by atoms with van der Waals surface area (Å²) in [7, 11) is 0. The van der Waals surface area contributed by atoms with Gasteiger partial charge in [0, 0.05) is 25.9 Å². The number of Topliss-reactive ketones (excluding diaryl/α,β-unsaturated/α-hetero) is 1. The Morgan fingerprint density at radius 3 is 2.29 bits per heavy atom. The van der Waals surface area contributed by atoms with Crippen molar-refractivity contribution < 1.29 is 14.3 Å². The van der Waals surface area contributed by atoms with Gasteiger partial charge >= 0.3 is 6.09 Å². The molecule has 4 rings (SSSR count). The van der Waals surface area contributed by atoms with Crippen LogP contribution in [0.2, 0.25) is 0 Å². The van der Waals surface area contributed by atoms with Gasteiger partial charge in [0.15, 0.2) is 5.69 Å². The maximum absolute atomic E-state index is 13.4. The van der Waals surface area contributed by atoms with Crippen molar-refractivity contribution in [3.05, 3.63) is 113 Å². The number of piperidine rings is 1. The molecule has 6 nitrogen and oxygen atoms in total. The predicted octanol–water partition coefficient (Wildman–Crippen LogP) is 5.61. The van der Waals surface area contributed by atoms with Gasteiger partial charge in [0.05, 0.1) is 12.1 Å². The van der Waals surface area contributed by atoms with Gasteiger partial charge in [-0.25, -0.2) is 9.64 Å². The maximum atomic E-state index is 13.4. The third kappa shape index (κ3) is 5.95. The molecule has 1 aliphatic rings. The minimum atomic E-state index is -0.840. The van der Waals surface area contributed by atoms with E-state index in [4.69, 9.17) is 11.3 Å². The van der Waals surface area contributed by atoms with Crippen LogP contribution in [0.5, 0.6) is 0 Å². The van der Waals surface area contributed by atoms with Crippen molar-refractivity contribution in [2.75, 3.05) is 13.1 Å². The highest BCUT2D eigenvalue weighted by molar-refractivity contribution is 5.84. The zero-order chi connectivity index (χ0) is 24.5. The predicted molar refractivity (Wildman–Crippen MR) is 135 cm³/mol. The number of amides is 1. The summed E-state index contributed by atoms with van der Waals surface area (Å²) in [6.45, 7) is 9.05. The van der Waals surface area contributed by atoms with Crippen LogP contribution in [-0.4, -0.2) is 29.9 Å². The first-order valence-electron chi connectivity index (χ1n) is 11.8. The molecule has 3 aromatic carbocycles. The Labute approximate surface area is 206 Å². The number of likely N-dealkylation sites (tertiary alicyclic amines) is 1. The summed E-state index contributed by atoms with van der Waals surface area (Å²) in [5.41, 5.74) is 2.60. The van der Waals surface area contributed by atoms with E-state index in [0.717, 1.165) is 11.1 Å². The number of hydrogen-bond donors (Lipinski definition) is 1. The molecule has 1 aliphatic heterocycles. The van der Waals surface area contributed by atoms with Crippen LogP contribution < -0.4 is 5.32 Å². The SMILES string of the molecule is [C-]#[N+]c1ccc(C2(CCNCc3ccccc3)CC(=O)CCN2C(=O)OCc2ccccc2)cc1. The lowest BCUT2D eigenvalue weighted by Gasteiger charge is -2.46. The van der Waals surface area contributed by atoms with E-state index in [1.807, 2.05) is 60.7 Å². The highest BCUT2D eigenvalue weighted by Gasteiger charge is 2.46. The standard InChI is InChI=1S/C29H29N3O3/c1-30-26-14-12-25(13-15-26)29(17-18-31-21-23-8-4-2-5-9-23)20-27(33)16-19-32(29)28(34)35-22-24-10-6-3-7-11-24/h2-15,31H,16-22H2. The van der Waals surface area contributed by atoms with Crippen LogP contribution in [0.3, 0.4) is 0 Å². The Balaban J connectivity index is 1.57. The first-order valence-corrected chi connectivity index (χ1v) is 11.8. The summed E-state index contributed by atoms with van der Waals surface area (Å²) >= 11 is 0. The molecule has 0 spiro atoms. The second kappa shape index (κ2) is 11.5. The maximum Gasteiger partial charge on any atom is 0.410 e. The number of hydrogen-bond acceptors (Lipinski definition) is 4. The molecule has 6 heteroatoms. The zero-order valence-corrected chi connectivity index (χ0v) is 19.7. The molecule has 35 heavy (non-hydrogen) atoms. The quantitative estimate of drug-likeness (QED) is 0.345. The van der Waals surface area contributed by atoms with E-state index in [1.54, 1.807) is 17.0 Å². The van der Waals surface area contributed by atoms with Gasteiger partial charge in [0.25, 0.3) is 0 Å². The number of carbonyl (C=O) groups excluding carboxylic acids is 2. The number of carbonyl (C=O) groups is 2. The second-order valence-corrected chi connectivity index (χ2v) is 8.76. The Hall–Kier alpha value is -3.95. The zero-order valence-electron chi connectivity index (χ0n) is 19.7. The fourth-order valence-electron chi connectivity index (χ4n) is 4.62. The molecule has 1 N–H and O–H groups in total. The smallest absolute Gasteiger partial charge is 0.410 e. The van der Waals surface area contributed by atoms with Gasteiger partial charge < -0.3 is 10.1 Å². The molecule has 1 amide bonds. The van der Waals surface area contributed by atoms with Gasteiger partial charge in [-0.3, -0.25) is 9.69 Å². The normalized spacial score (nSPS) is 17.6. The lowest BCUT2D eigenvalue weighted by molar-refractivity contribution is -0.126. The molecule has 3 aromatic rings. The van der Waals surface area contributed by atoms with Gasteiger partial charge in [-0.05, 0) is 29.7 Å². The fourth-order valence-corrected chi connectivity index (χ4v) is 4.62. The van der Waals surface area contributed by atoms with Crippen LogP contribution in [0.25, 0.3) is 4.85 Å². The first-order chi connectivity index (χ1) is 17.1. The van der Waals surface area contributed by atoms with E-state index in [0.29, 0.717) is 38.2 Å². The number of nitrogens with zero attached hydrogens (tertiary/aromatic N) is 2. The van der Waals surface area contributed by atoms with Crippen molar-refractivity contribution in [3.8, 4) is 0 Å². The third-order valence-electron chi connectivity index (χ3n) is 6.47. The largest absolute Gasteiger partial charge is 0.445 e. The molecule has 1 fully saturated rings. The summed E-state index contributed by atoms with van der Waals surface area (Å²) in [5.74, 6) is 0.120. The molecule has 1 heterocycles. The minimum Gasteiger partial charge on any atom is -0.445 e. The molecule has 0 bridgehead atoms. The van der Waals surface area contributed by atoms with Crippen molar-refractivity contribution in [1.82, 2.24) is 10.2 Å². The summed E-state index contributed by atoms with van der Waals surface area (Å²) in [6.07, 6.45) is 0.639. The average molecular weight is 468 g/mol. The number of rotatable bonds is 8. The summed E-state index contributed by atoms with van der Waals surface area (Å²) in [6, 6.07) is 26.9. The number of ether oxygens (including phenoxy) is 1. The summed E-state index contributed by atoms with van der Waals surface area (Å²) in [4.78, 5) is 31.3. The van der Waals surface area contributed by atoms with Gasteiger partial charge in [0.1, 0.15) is 12.4 Å². The Bertz CT molecular complexity index is 1170. The van der Waals surface area contributed by atoms with E-state index in [2.05, 4.69) is 22.3 Å². The van der Waals surface area contributed by atoms with Crippen molar-refractivity contribution in [3.63, 3.8) is 0 Å². The topological polar surface area (TPSA) is 63.0 Å². The van der Waals surface area contributed by atoms with Crippen LogP contribution in [0, 0.1) is 6.57 Å². The van der Waals surface area contributed by atoms with Crippen molar-refractivity contribution in [2.45, 2.75) is 38.0 Å². The number of benzene rings is 3. The number of nitrogens with one attached hydrogen (secondary N) is 1. The Morgan fingerprint density at radius 2 is 1.63 bits per heavy atom. The number of ketones is 1. The van der Waals surface area contributed by atoms with Crippen molar-refractivity contribution in [2.24, 2.45) is 0 Å². The van der Waals surface area contributed by atoms with Crippen LogP contribution >= 0.6 is 0 Å². The average Bonchev–Trinajstić information content (AvgIpc) is 2.91. The molecular weight excluding hydrogens is 438 g/mol. The highest BCUT2D eigenvalue weighted by Crippen LogP contribution is 2.40. The molecule has 0 radical (unpaired) electrons. The Kier molecular flexibility index (Phi) is 7.92. The Morgan fingerprint density at radius 1 is 0.971 bits per heavy atom. The molecule has 1 atom stereocenters. The third-order valence-corrected chi connectivity index (χ3v) is 6.47. The lowest BCUT2D eigenvalue weighted by atomic mass is 9.77. The first kappa shape index (κ1) is 24.2. The lowest BCUT2D eigenvalue weighted by Crippen LogP contribution is -2.55. The van der Waals surface area contributed by atoms with Crippen LogP contribution in [0.1, 0.15) is 36.0 Å². The van der Waals surface area contributed by atoms with E-state index in [-0.39, 0.29) is 18.8 Å². The van der Waals surface area contributed by atoms with E-state index in [9.17, 15) is 9.59 Å². The molecule has 0 saturated carbocycles. The summed E-state index contributed by atoms with van der Waals surface area (Å²) < 4.78 is 5.71. The van der Waals surface area contributed by atoms with Crippen molar-refractivity contribution in [1.29, 1.82) is 0 Å². The molecule has 0 aromatic heterocycles. The van der Waals surface area contributed by atoms with Gasteiger partial charge in [-0.1, -0.05) is 84.9 Å². The van der Waals surface area contributed by atoms with Crippen LogP contribution in [0.4, 0.5) is 10.5 Å². The van der Waals surface area contributed by atoms with Crippen molar-refractivity contribution >= 4 is 17.6 Å². The molecule has 1 saturated heterocycles. The van der Waals surface area contributed by atoms with Gasteiger partial charge in [0.2, 0.25) is 0 Å². The second-order valence-electron chi connectivity index (χ2n) is 8.76. The fraction of sp³-hybridized carbons (Fsp3) is 0.276. The highest BCUT2D eigenvalue weighted by atomic mass is 16.6. The minimum absolute atomic E-state index is 0.120. The molecule has 1 unspecified atom stereocenters. The van der Waals surface area contributed by atoms with Crippen LogP contribution in [-0.2, 0) is 28.2 Å². The molecular formula is C29H29N3O3. The van der Waals surface area contributed by atoms with E-state index < -0.39 is 11.6 Å². The van der Waals surface area contributed by atoms with Crippen LogP contribution in [0.15, 0.2) is 84.9 Å². The van der Waals surface area contributed by atoms with Gasteiger partial charge in [-0.15, -0.1) is 0 Å². The van der Waals surface area contributed by atoms with E-state index in [1.165, 1.54) is 5.56 Å². The molecule has 0 aliphatic carbocycles. The van der Waals surface area contributed by atoms with E-state index >= 15 is 0 Å². The summed E-state index contributed by atoms with van der Waals surface area (Å²) in [5, 5.41) is 3.46. The monoisotopic (exact) mass is 467 g/mol. The van der Waals surface area contributed by atoms with Gasteiger partial charge in [-0.2, -0.15) is 0 Å². The molecule has 178 valence electrons.